The lowest BCUT2D eigenvalue weighted by molar-refractivity contribution is 0.540. The third-order valence-corrected chi connectivity index (χ3v) is 2.66. The second kappa shape index (κ2) is 4.00. The zero-order valence-corrected chi connectivity index (χ0v) is 9.94. The molecular formula is C13H17N3. The van der Waals surface area contributed by atoms with Crippen LogP contribution in [0.3, 0.4) is 0 Å². The van der Waals surface area contributed by atoms with E-state index in [-0.39, 0.29) is 0 Å². The quantitative estimate of drug-likeness (QED) is 0.836. The van der Waals surface area contributed by atoms with Crippen molar-refractivity contribution in [2.75, 3.05) is 5.73 Å². The Labute approximate surface area is 95.9 Å². The smallest absolute Gasteiger partial charge is 0.146 e. The molecule has 3 heteroatoms. The molecule has 84 valence electrons. The highest BCUT2D eigenvalue weighted by atomic mass is 15.3. The van der Waals surface area contributed by atoms with E-state index in [4.69, 9.17) is 5.73 Å². The van der Waals surface area contributed by atoms with Crippen molar-refractivity contribution in [1.82, 2.24) is 9.78 Å². The highest BCUT2D eigenvalue weighted by molar-refractivity contribution is 5.66. The molecule has 2 rings (SSSR count). The van der Waals surface area contributed by atoms with E-state index >= 15 is 0 Å². The fraction of sp³-hybridized carbons (Fsp3) is 0.308. The standard InChI is InChI=1S/C13H17N3/c1-9(2)16-12(8-13(14)15-16)11-7-5-4-6-10(11)3/h4-9H,1-3H3,(H2,14,15). The lowest BCUT2D eigenvalue weighted by Gasteiger charge is -2.12. The molecule has 1 aromatic carbocycles. The fourth-order valence-corrected chi connectivity index (χ4v) is 1.87. The Hall–Kier alpha value is -1.77. The monoisotopic (exact) mass is 215 g/mol. The summed E-state index contributed by atoms with van der Waals surface area (Å²) in [6.07, 6.45) is 0. The van der Waals surface area contributed by atoms with Gasteiger partial charge in [-0.05, 0) is 26.3 Å². The van der Waals surface area contributed by atoms with E-state index in [0.717, 1.165) is 5.69 Å². The Kier molecular flexibility index (Phi) is 2.69. The van der Waals surface area contributed by atoms with Crippen molar-refractivity contribution in [3.8, 4) is 11.3 Å². The molecule has 1 aromatic heterocycles. The van der Waals surface area contributed by atoms with Crippen LogP contribution < -0.4 is 5.73 Å². The molecule has 0 aliphatic carbocycles. The van der Waals surface area contributed by atoms with Gasteiger partial charge in [0.1, 0.15) is 5.82 Å². The third-order valence-electron chi connectivity index (χ3n) is 2.66. The largest absolute Gasteiger partial charge is 0.382 e. The van der Waals surface area contributed by atoms with Gasteiger partial charge in [-0.15, -0.1) is 0 Å². The number of aromatic nitrogens is 2. The lowest BCUT2D eigenvalue weighted by atomic mass is 10.1. The number of nitrogen functional groups attached to an aromatic ring is 1. The van der Waals surface area contributed by atoms with Gasteiger partial charge in [-0.1, -0.05) is 24.3 Å². The summed E-state index contributed by atoms with van der Waals surface area (Å²) in [4.78, 5) is 0. The van der Waals surface area contributed by atoms with Crippen LogP contribution >= 0.6 is 0 Å². The zero-order valence-electron chi connectivity index (χ0n) is 9.94. The second-order valence-electron chi connectivity index (χ2n) is 4.31. The summed E-state index contributed by atoms with van der Waals surface area (Å²) < 4.78 is 1.97. The molecule has 2 aromatic rings. The molecule has 3 nitrogen and oxygen atoms in total. The average molecular weight is 215 g/mol. The summed E-state index contributed by atoms with van der Waals surface area (Å²) in [6.45, 7) is 6.31. The number of benzene rings is 1. The molecule has 2 N–H and O–H groups in total. The van der Waals surface area contributed by atoms with Gasteiger partial charge in [0.25, 0.3) is 0 Å². The molecule has 1 heterocycles. The first-order chi connectivity index (χ1) is 7.59. The number of aryl methyl sites for hydroxylation is 1. The maximum absolute atomic E-state index is 5.77. The van der Waals surface area contributed by atoms with Gasteiger partial charge in [-0.25, -0.2) is 0 Å². The van der Waals surface area contributed by atoms with Crippen molar-refractivity contribution in [2.45, 2.75) is 26.8 Å². The van der Waals surface area contributed by atoms with Crippen molar-refractivity contribution in [3.05, 3.63) is 35.9 Å². The Morgan fingerprint density at radius 2 is 1.94 bits per heavy atom. The predicted molar refractivity (Wildman–Crippen MR) is 67.2 cm³/mol. The summed E-state index contributed by atoms with van der Waals surface area (Å²) in [7, 11) is 0. The average Bonchev–Trinajstić information content (AvgIpc) is 2.61. The summed E-state index contributed by atoms with van der Waals surface area (Å²) in [5, 5.41) is 4.32. The Balaban J connectivity index is 2.60. The number of nitrogens with zero attached hydrogens (tertiary/aromatic N) is 2. The van der Waals surface area contributed by atoms with Gasteiger partial charge in [-0.2, -0.15) is 5.10 Å². The summed E-state index contributed by atoms with van der Waals surface area (Å²) in [5.41, 5.74) is 9.30. The first-order valence-electron chi connectivity index (χ1n) is 5.50. The van der Waals surface area contributed by atoms with Crippen molar-refractivity contribution in [2.24, 2.45) is 0 Å². The molecule has 0 saturated heterocycles. The van der Waals surface area contributed by atoms with Gasteiger partial charge in [0, 0.05) is 17.7 Å². The predicted octanol–water partition coefficient (Wildman–Crippen LogP) is 3.02. The van der Waals surface area contributed by atoms with Crippen LogP contribution in [0.25, 0.3) is 11.3 Å². The van der Waals surface area contributed by atoms with Crippen LogP contribution in [-0.2, 0) is 0 Å². The maximum Gasteiger partial charge on any atom is 0.146 e. The van der Waals surface area contributed by atoms with E-state index in [9.17, 15) is 0 Å². The number of hydrogen-bond acceptors (Lipinski definition) is 2. The van der Waals surface area contributed by atoms with Crippen LogP contribution in [0.4, 0.5) is 5.82 Å². The number of nitrogens with two attached hydrogens (primary N) is 1. The Morgan fingerprint density at radius 1 is 1.25 bits per heavy atom. The summed E-state index contributed by atoms with van der Waals surface area (Å²) in [6, 6.07) is 10.5. The molecule has 0 amide bonds. The van der Waals surface area contributed by atoms with E-state index in [2.05, 4.69) is 38.0 Å². The molecule has 0 saturated carbocycles. The summed E-state index contributed by atoms with van der Waals surface area (Å²) in [5.74, 6) is 0.576. The van der Waals surface area contributed by atoms with Gasteiger partial charge in [0.15, 0.2) is 0 Å². The van der Waals surface area contributed by atoms with Gasteiger partial charge in [0.05, 0.1) is 5.69 Å². The second-order valence-corrected chi connectivity index (χ2v) is 4.31. The van der Waals surface area contributed by atoms with E-state index in [1.54, 1.807) is 0 Å². The van der Waals surface area contributed by atoms with Crippen LogP contribution in [0.1, 0.15) is 25.5 Å². The van der Waals surface area contributed by atoms with Gasteiger partial charge in [-0.3, -0.25) is 4.68 Å². The van der Waals surface area contributed by atoms with Crippen LogP contribution in [-0.4, -0.2) is 9.78 Å². The van der Waals surface area contributed by atoms with Gasteiger partial charge >= 0.3 is 0 Å². The molecule has 0 atom stereocenters. The topological polar surface area (TPSA) is 43.8 Å². The number of anilines is 1. The lowest BCUT2D eigenvalue weighted by Crippen LogP contribution is -2.05. The molecule has 0 aliphatic heterocycles. The number of hydrogen-bond donors (Lipinski definition) is 1. The normalized spacial score (nSPS) is 11.0. The van der Waals surface area contributed by atoms with E-state index in [1.165, 1.54) is 11.1 Å². The minimum Gasteiger partial charge on any atom is -0.382 e. The van der Waals surface area contributed by atoms with Crippen molar-refractivity contribution < 1.29 is 0 Å². The van der Waals surface area contributed by atoms with Crippen LogP contribution in [0.2, 0.25) is 0 Å². The number of rotatable bonds is 2. The van der Waals surface area contributed by atoms with Gasteiger partial charge in [0.2, 0.25) is 0 Å². The molecular weight excluding hydrogens is 198 g/mol. The minimum absolute atomic E-state index is 0.312. The SMILES string of the molecule is Cc1ccccc1-c1cc(N)nn1C(C)C. The van der Waals surface area contributed by atoms with Crippen LogP contribution in [0.15, 0.2) is 30.3 Å². The molecule has 0 spiro atoms. The first kappa shape index (κ1) is 10.7. The highest BCUT2D eigenvalue weighted by Gasteiger charge is 2.12. The molecule has 16 heavy (non-hydrogen) atoms. The van der Waals surface area contributed by atoms with E-state index in [0.29, 0.717) is 11.9 Å². The van der Waals surface area contributed by atoms with Gasteiger partial charge < -0.3 is 5.73 Å². The van der Waals surface area contributed by atoms with Crippen molar-refractivity contribution in [1.29, 1.82) is 0 Å². The molecule has 0 unspecified atom stereocenters. The minimum atomic E-state index is 0.312. The van der Waals surface area contributed by atoms with Crippen molar-refractivity contribution >= 4 is 5.82 Å². The zero-order chi connectivity index (χ0) is 11.7. The maximum atomic E-state index is 5.77. The Morgan fingerprint density at radius 3 is 2.56 bits per heavy atom. The Bertz CT molecular complexity index is 498. The van der Waals surface area contributed by atoms with Crippen LogP contribution in [0.5, 0.6) is 0 Å². The van der Waals surface area contributed by atoms with E-state index in [1.807, 2.05) is 22.9 Å². The van der Waals surface area contributed by atoms with Crippen molar-refractivity contribution in [3.63, 3.8) is 0 Å². The molecule has 0 bridgehead atoms. The summed E-state index contributed by atoms with van der Waals surface area (Å²) >= 11 is 0. The first-order valence-corrected chi connectivity index (χ1v) is 5.50. The molecule has 0 aliphatic rings. The third kappa shape index (κ3) is 1.81. The molecule has 0 radical (unpaired) electrons. The fourth-order valence-electron chi connectivity index (χ4n) is 1.87. The molecule has 0 fully saturated rings. The highest BCUT2D eigenvalue weighted by Crippen LogP contribution is 2.27. The van der Waals surface area contributed by atoms with Crippen LogP contribution in [0, 0.1) is 6.92 Å². The van der Waals surface area contributed by atoms with E-state index < -0.39 is 0 Å².